The number of amidine groups is 1. The molecular formula is C10H11BrN4O2. The van der Waals surface area contributed by atoms with Crippen molar-refractivity contribution in [2.24, 2.45) is 5.10 Å². The molecule has 0 amide bonds. The Bertz CT molecular complexity index is 446. The summed E-state index contributed by atoms with van der Waals surface area (Å²) in [5.74, 6) is 0.554. The van der Waals surface area contributed by atoms with Gasteiger partial charge in [-0.3, -0.25) is 0 Å². The lowest BCUT2D eigenvalue weighted by Gasteiger charge is -2.16. The summed E-state index contributed by atoms with van der Waals surface area (Å²) in [5, 5.41) is 13.1. The number of likely N-dealkylation sites (tertiary alicyclic amines) is 1. The molecule has 0 bridgehead atoms. The predicted octanol–water partition coefficient (Wildman–Crippen LogP) is 2.03. The van der Waals surface area contributed by atoms with Crippen LogP contribution in [0.3, 0.4) is 0 Å². The van der Waals surface area contributed by atoms with Gasteiger partial charge in [-0.2, -0.15) is 0 Å². The van der Waals surface area contributed by atoms with Crippen LogP contribution in [0.15, 0.2) is 28.0 Å². The third-order valence-corrected chi connectivity index (χ3v) is 3.02. The van der Waals surface area contributed by atoms with Gasteiger partial charge in [0.25, 0.3) is 0 Å². The zero-order valence-corrected chi connectivity index (χ0v) is 10.6. The molecule has 90 valence electrons. The minimum atomic E-state index is -0.631. The number of hydrogen-bond acceptors (Lipinski definition) is 3. The number of nitrogens with zero attached hydrogens (tertiary/aromatic N) is 4. The smallest absolute Gasteiger partial charge is 0.192 e. The van der Waals surface area contributed by atoms with Crippen molar-refractivity contribution < 1.29 is 5.03 Å². The van der Waals surface area contributed by atoms with Crippen molar-refractivity contribution in [3.63, 3.8) is 0 Å². The van der Waals surface area contributed by atoms with Crippen LogP contribution in [-0.4, -0.2) is 27.3 Å². The average Bonchev–Trinajstić information content (AvgIpc) is 2.68. The first kappa shape index (κ1) is 12.0. The molecule has 0 N–H and O–H groups in total. The zero-order chi connectivity index (χ0) is 12.3. The number of hydrazone groups is 1. The van der Waals surface area contributed by atoms with Crippen LogP contribution in [0.2, 0.25) is 0 Å². The Labute approximate surface area is 107 Å². The van der Waals surface area contributed by atoms with Crippen LogP contribution in [0.1, 0.15) is 18.4 Å². The van der Waals surface area contributed by atoms with E-state index in [9.17, 15) is 10.1 Å². The second kappa shape index (κ2) is 5.22. The molecule has 0 atom stereocenters. The minimum absolute atomic E-state index is 0.554. The largest absolute Gasteiger partial charge is 0.351 e. The quantitative estimate of drug-likeness (QED) is 0.486. The van der Waals surface area contributed by atoms with E-state index in [-0.39, 0.29) is 0 Å². The maximum absolute atomic E-state index is 10.4. The molecule has 2 rings (SSSR count). The molecule has 0 unspecified atom stereocenters. The molecule has 0 aliphatic carbocycles. The maximum Gasteiger partial charge on any atom is 0.192 e. The van der Waals surface area contributed by atoms with E-state index in [0.29, 0.717) is 18.8 Å². The van der Waals surface area contributed by atoms with Crippen LogP contribution < -0.4 is 0 Å². The van der Waals surface area contributed by atoms with Crippen LogP contribution in [0.5, 0.6) is 0 Å². The van der Waals surface area contributed by atoms with E-state index in [0.717, 1.165) is 23.1 Å². The lowest BCUT2D eigenvalue weighted by Crippen LogP contribution is -2.25. The van der Waals surface area contributed by atoms with Crippen molar-refractivity contribution in [2.45, 2.75) is 19.4 Å². The standard InChI is InChI=1S/C10H11BrN4O2/c11-9-4-3-8(6-12-9)7-14-5-1-2-10(14)13-15(16)17/h3-4,6H,1-2,5,7H2. The molecule has 0 aromatic carbocycles. The fourth-order valence-corrected chi connectivity index (χ4v) is 2.05. The second-order valence-electron chi connectivity index (χ2n) is 3.77. The van der Waals surface area contributed by atoms with Crippen LogP contribution >= 0.6 is 15.9 Å². The molecule has 6 nitrogen and oxygen atoms in total. The molecule has 1 aromatic rings. The monoisotopic (exact) mass is 298 g/mol. The van der Waals surface area contributed by atoms with Crippen molar-refractivity contribution in [3.05, 3.63) is 38.6 Å². The van der Waals surface area contributed by atoms with E-state index in [1.807, 2.05) is 17.0 Å². The van der Waals surface area contributed by atoms with Gasteiger partial charge in [0.2, 0.25) is 0 Å². The van der Waals surface area contributed by atoms with Gasteiger partial charge in [-0.25, -0.2) is 15.1 Å². The number of rotatable bonds is 3. The molecule has 1 saturated heterocycles. The summed E-state index contributed by atoms with van der Waals surface area (Å²) in [6.07, 6.45) is 3.34. The summed E-state index contributed by atoms with van der Waals surface area (Å²) in [4.78, 5) is 16.4. The number of pyridine rings is 1. The molecule has 17 heavy (non-hydrogen) atoms. The Balaban J connectivity index is 2.07. The van der Waals surface area contributed by atoms with E-state index < -0.39 is 5.03 Å². The van der Waals surface area contributed by atoms with Crippen LogP contribution in [0.4, 0.5) is 0 Å². The van der Waals surface area contributed by atoms with Crippen LogP contribution in [-0.2, 0) is 6.54 Å². The van der Waals surface area contributed by atoms with Gasteiger partial charge in [-0.05, 0) is 34.0 Å². The molecule has 0 saturated carbocycles. The molecule has 2 heterocycles. The van der Waals surface area contributed by atoms with Crippen LogP contribution in [0.25, 0.3) is 0 Å². The Hall–Kier alpha value is -1.50. The van der Waals surface area contributed by atoms with E-state index in [2.05, 4.69) is 26.0 Å². The topological polar surface area (TPSA) is 71.6 Å². The number of hydrogen-bond donors (Lipinski definition) is 0. The molecule has 0 spiro atoms. The highest BCUT2D eigenvalue weighted by Crippen LogP contribution is 2.16. The Kier molecular flexibility index (Phi) is 3.68. The predicted molar refractivity (Wildman–Crippen MR) is 66.0 cm³/mol. The summed E-state index contributed by atoms with van der Waals surface area (Å²) in [5.41, 5.74) is 1.02. The lowest BCUT2D eigenvalue weighted by atomic mass is 10.3. The average molecular weight is 299 g/mol. The minimum Gasteiger partial charge on any atom is -0.351 e. The van der Waals surface area contributed by atoms with Gasteiger partial charge in [0.15, 0.2) is 10.9 Å². The van der Waals surface area contributed by atoms with Crippen molar-refractivity contribution >= 4 is 21.8 Å². The Morgan fingerprint density at radius 2 is 2.41 bits per heavy atom. The number of aromatic nitrogens is 1. The molecule has 1 aromatic heterocycles. The third kappa shape index (κ3) is 3.23. The summed E-state index contributed by atoms with van der Waals surface area (Å²) >= 11 is 3.26. The highest BCUT2D eigenvalue weighted by Gasteiger charge is 2.21. The summed E-state index contributed by atoms with van der Waals surface area (Å²) in [7, 11) is 0. The Morgan fingerprint density at radius 1 is 1.59 bits per heavy atom. The van der Waals surface area contributed by atoms with Gasteiger partial charge in [0.1, 0.15) is 4.60 Å². The SMILES string of the molecule is O=[N+]([O-])N=C1CCCN1Cc1ccc(Br)nc1. The number of halogens is 1. The van der Waals surface area contributed by atoms with Crippen LogP contribution in [0, 0.1) is 10.1 Å². The van der Waals surface area contributed by atoms with E-state index in [4.69, 9.17) is 0 Å². The summed E-state index contributed by atoms with van der Waals surface area (Å²) in [6, 6.07) is 3.80. The molecule has 7 heteroatoms. The van der Waals surface area contributed by atoms with E-state index in [1.165, 1.54) is 0 Å². The van der Waals surface area contributed by atoms with Crippen molar-refractivity contribution in [1.82, 2.24) is 9.88 Å². The fourth-order valence-electron chi connectivity index (χ4n) is 1.81. The third-order valence-electron chi connectivity index (χ3n) is 2.55. The van der Waals surface area contributed by atoms with Gasteiger partial charge in [-0.1, -0.05) is 6.07 Å². The number of nitro groups is 1. The van der Waals surface area contributed by atoms with E-state index >= 15 is 0 Å². The molecule has 0 radical (unpaired) electrons. The molecule has 1 aliphatic rings. The first-order chi connectivity index (χ1) is 8.15. The highest BCUT2D eigenvalue weighted by atomic mass is 79.9. The van der Waals surface area contributed by atoms with Gasteiger partial charge < -0.3 is 4.90 Å². The van der Waals surface area contributed by atoms with Crippen molar-refractivity contribution in [1.29, 1.82) is 0 Å². The van der Waals surface area contributed by atoms with Gasteiger partial charge in [-0.15, -0.1) is 0 Å². The maximum atomic E-state index is 10.4. The van der Waals surface area contributed by atoms with E-state index in [1.54, 1.807) is 6.20 Å². The molecular weight excluding hydrogens is 288 g/mol. The first-order valence-electron chi connectivity index (χ1n) is 5.22. The molecule has 1 fully saturated rings. The Morgan fingerprint density at radius 3 is 3.06 bits per heavy atom. The van der Waals surface area contributed by atoms with Gasteiger partial charge in [0.05, 0.1) is 5.10 Å². The van der Waals surface area contributed by atoms with Gasteiger partial charge in [0, 0.05) is 25.7 Å². The first-order valence-corrected chi connectivity index (χ1v) is 6.02. The second-order valence-corrected chi connectivity index (χ2v) is 4.58. The fraction of sp³-hybridized carbons (Fsp3) is 0.400. The lowest BCUT2D eigenvalue weighted by molar-refractivity contribution is -0.485. The normalized spacial score (nSPS) is 17.7. The van der Waals surface area contributed by atoms with Crippen molar-refractivity contribution in [2.75, 3.05) is 6.54 Å². The summed E-state index contributed by atoms with van der Waals surface area (Å²) < 4.78 is 0.779. The van der Waals surface area contributed by atoms with Crippen molar-refractivity contribution in [3.8, 4) is 0 Å². The van der Waals surface area contributed by atoms with Gasteiger partial charge >= 0.3 is 0 Å². The zero-order valence-electron chi connectivity index (χ0n) is 9.04. The molecule has 1 aliphatic heterocycles. The highest BCUT2D eigenvalue weighted by molar-refractivity contribution is 9.10. The summed E-state index contributed by atoms with van der Waals surface area (Å²) in [6.45, 7) is 1.43.